The number of amides is 1. The highest BCUT2D eigenvalue weighted by Gasteiger charge is 2.29. The Kier molecular flexibility index (Phi) is 7.24. The largest absolute Gasteiger partial charge is 0.368 e. The standard InChI is InChI=1S/C25H28FN5O2/c1-30(2)25-28-16-21(18-9-11-19(26)12-10-18)24(29-25)22-17-31(14-15-33-22)23(32)8-5-7-20-6-3-4-13-27-20/h3-4,6,9-13,16,22H,5,7-8,14-15,17H2,1-2H3/t22-/m0/s1. The lowest BCUT2D eigenvalue weighted by Gasteiger charge is -2.33. The van der Waals surface area contributed by atoms with E-state index < -0.39 is 0 Å². The zero-order valence-electron chi connectivity index (χ0n) is 18.9. The van der Waals surface area contributed by atoms with Crippen molar-refractivity contribution in [3.8, 4) is 11.1 Å². The third kappa shape index (κ3) is 5.70. The van der Waals surface area contributed by atoms with Gasteiger partial charge in [-0.2, -0.15) is 0 Å². The minimum absolute atomic E-state index is 0.101. The van der Waals surface area contributed by atoms with Gasteiger partial charge in [0.25, 0.3) is 0 Å². The van der Waals surface area contributed by atoms with Gasteiger partial charge in [0.1, 0.15) is 11.9 Å². The molecule has 0 spiro atoms. The van der Waals surface area contributed by atoms with Crippen LogP contribution in [0.25, 0.3) is 11.1 Å². The van der Waals surface area contributed by atoms with Crippen molar-refractivity contribution in [1.82, 2.24) is 19.9 Å². The Morgan fingerprint density at radius 2 is 2.00 bits per heavy atom. The van der Waals surface area contributed by atoms with Crippen molar-refractivity contribution in [2.45, 2.75) is 25.4 Å². The molecule has 1 amide bonds. The van der Waals surface area contributed by atoms with Crippen molar-refractivity contribution in [2.24, 2.45) is 0 Å². The smallest absolute Gasteiger partial charge is 0.225 e. The van der Waals surface area contributed by atoms with Gasteiger partial charge in [-0.05, 0) is 42.7 Å². The van der Waals surface area contributed by atoms with Gasteiger partial charge in [0, 0.05) is 50.7 Å². The molecule has 1 aromatic carbocycles. The number of benzene rings is 1. The van der Waals surface area contributed by atoms with Crippen LogP contribution in [0, 0.1) is 5.82 Å². The Hall–Kier alpha value is -3.39. The second-order valence-corrected chi connectivity index (χ2v) is 8.24. The van der Waals surface area contributed by atoms with Gasteiger partial charge in [-0.25, -0.2) is 14.4 Å². The van der Waals surface area contributed by atoms with Crippen molar-refractivity contribution in [3.05, 3.63) is 72.1 Å². The first-order valence-corrected chi connectivity index (χ1v) is 11.1. The summed E-state index contributed by atoms with van der Waals surface area (Å²) in [5, 5.41) is 0. The number of ether oxygens (including phenoxy) is 1. The highest BCUT2D eigenvalue weighted by atomic mass is 19.1. The fraction of sp³-hybridized carbons (Fsp3) is 0.360. The molecule has 1 aliphatic rings. The van der Waals surface area contributed by atoms with Gasteiger partial charge in [0.2, 0.25) is 11.9 Å². The zero-order valence-corrected chi connectivity index (χ0v) is 18.9. The minimum atomic E-state index is -0.389. The third-order valence-electron chi connectivity index (χ3n) is 5.63. The Morgan fingerprint density at radius 1 is 1.18 bits per heavy atom. The first kappa shape index (κ1) is 22.8. The molecule has 0 N–H and O–H groups in total. The van der Waals surface area contributed by atoms with Crippen LogP contribution in [-0.4, -0.2) is 59.6 Å². The van der Waals surface area contributed by atoms with Crippen LogP contribution in [0.1, 0.15) is 30.3 Å². The Balaban J connectivity index is 1.50. The number of halogens is 1. The maximum atomic E-state index is 13.5. The summed E-state index contributed by atoms with van der Waals surface area (Å²) in [6.07, 6.45) is 5.10. The highest BCUT2D eigenvalue weighted by molar-refractivity contribution is 5.76. The Bertz CT molecular complexity index is 1080. The van der Waals surface area contributed by atoms with E-state index >= 15 is 0 Å². The van der Waals surface area contributed by atoms with Gasteiger partial charge in [0.05, 0.1) is 18.8 Å². The average molecular weight is 450 g/mol. The van der Waals surface area contributed by atoms with Crippen LogP contribution in [0.5, 0.6) is 0 Å². The molecule has 33 heavy (non-hydrogen) atoms. The first-order chi connectivity index (χ1) is 16.0. The normalized spacial score (nSPS) is 16.0. The van der Waals surface area contributed by atoms with E-state index in [1.165, 1.54) is 12.1 Å². The van der Waals surface area contributed by atoms with Crippen molar-refractivity contribution >= 4 is 11.9 Å². The van der Waals surface area contributed by atoms with Gasteiger partial charge in [-0.3, -0.25) is 9.78 Å². The predicted octanol–water partition coefficient (Wildman–Crippen LogP) is 3.67. The molecular weight excluding hydrogens is 421 g/mol. The average Bonchev–Trinajstić information content (AvgIpc) is 2.85. The molecule has 1 atom stereocenters. The van der Waals surface area contributed by atoms with Crippen molar-refractivity contribution in [2.75, 3.05) is 38.7 Å². The number of anilines is 1. The number of morpholine rings is 1. The second kappa shape index (κ2) is 10.5. The fourth-order valence-electron chi connectivity index (χ4n) is 3.86. The molecule has 0 bridgehead atoms. The molecular formula is C25H28FN5O2. The number of pyridine rings is 1. The molecule has 2 aromatic heterocycles. The van der Waals surface area contributed by atoms with Crippen LogP contribution in [0.2, 0.25) is 0 Å². The molecule has 1 aliphatic heterocycles. The topological polar surface area (TPSA) is 71.5 Å². The van der Waals surface area contributed by atoms with Crippen LogP contribution in [0.3, 0.4) is 0 Å². The molecule has 7 nitrogen and oxygen atoms in total. The van der Waals surface area contributed by atoms with Crippen molar-refractivity contribution < 1.29 is 13.9 Å². The molecule has 4 rings (SSSR count). The van der Waals surface area contributed by atoms with Gasteiger partial charge in [-0.15, -0.1) is 0 Å². The van der Waals surface area contributed by atoms with E-state index in [0.717, 1.165) is 29.7 Å². The van der Waals surface area contributed by atoms with Gasteiger partial charge in [0.15, 0.2) is 0 Å². The Labute approximate surface area is 193 Å². The number of carbonyl (C=O) groups excluding carboxylic acids is 1. The number of hydrogen-bond acceptors (Lipinski definition) is 6. The van der Waals surface area contributed by atoms with E-state index in [4.69, 9.17) is 9.72 Å². The lowest BCUT2D eigenvalue weighted by Crippen LogP contribution is -2.42. The molecule has 1 fully saturated rings. The molecule has 0 radical (unpaired) electrons. The maximum Gasteiger partial charge on any atom is 0.225 e. The summed E-state index contributed by atoms with van der Waals surface area (Å²) in [5.74, 6) is 0.352. The number of nitrogens with zero attached hydrogens (tertiary/aromatic N) is 5. The lowest BCUT2D eigenvalue weighted by molar-refractivity contribution is -0.139. The van der Waals surface area contributed by atoms with Crippen molar-refractivity contribution in [3.63, 3.8) is 0 Å². The summed E-state index contributed by atoms with van der Waals surface area (Å²) in [5.41, 5.74) is 3.27. The molecule has 0 aliphatic carbocycles. The van der Waals surface area contributed by atoms with E-state index in [1.54, 1.807) is 24.5 Å². The SMILES string of the molecule is CN(C)c1ncc(-c2ccc(F)cc2)c([C@@H]2CN(C(=O)CCCc3ccccn3)CCO2)n1. The van der Waals surface area contributed by atoms with Crippen LogP contribution >= 0.6 is 0 Å². The first-order valence-electron chi connectivity index (χ1n) is 11.1. The Morgan fingerprint density at radius 3 is 2.73 bits per heavy atom. The molecule has 3 aromatic rings. The molecule has 172 valence electrons. The number of carbonyl (C=O) groups is 1. The second-order valence-electron chi connectivity index (χ2n) is 8.24. The highest BCUT2D eigenvalue weighted by Crippen LogP contribution is 2.32. The monoisotopic (exact) mass is 449 g/mol. The van der Waals surface area contributed by atoms with E-state index in [-0.39, 0.29) is 17.8 Å². The van der Waals surface area contributed by atoms with Crippen molar-refractivity contribution in [1.29, 1.82) is 0 Å². The number of rotatable bonds is 7. The van der Waals surface area contributed by atoms with E-state index in [0.29, 0.717) is 37.8 Å². The number of hydrogen-bond donors (Lipinski definition) is 0. The quantitative estimate of drug-likeness (QED) is 0.548. The van der Waals surface area contributed by atoms with Gasteiger partial charge < -0.3 is 14.5 Å². The molecule has 0 unspecified atom stereocenters. The van der Waals surface area contributed by atoms with Crippen LogP contribution in [0.4, 0.5) is 10.3 Å². The third-order valence-corrected chi connectivity index (χ3v) is 5.63. The maximum absolute atomic E-state index is 13.5. The van der Waals surface area contributed by atoms with Crippen LogP contribution in [-0.2, 0) is 16.0 Å². The van der Waals surface area contributed by atoms with E-state index in [9.17, 15) is 9.18 Å². The van der Waals surface area contributed by atoms with Crippen LogP contribution < -0.4 is 4.90 Å². The van der Waals surface area contributed by atoms with E-state index in [2.05, 4.69) is 9.97 Å². The molecule has 0 saturated carbocycles. The fourth-order valence-corrected chi connectivity index (χ4v) is 3.86. The number of aromatic nitrogens is 3. The van der Waals surface area contributed by atoms with Gasteiger partial charge >= 0.3 is 0 Å². The van der Waals surface area contributed by atoms with Gasteiger partial charge in [-0.1, -0.05) is 18.2 Å². The summed E-state index contributed by atoms with van der Waals surface area (Å²) in [4.78, 5) is 30.1. The summed E-state index contributed by atoms with van der Waals surface area (Å²) in [6.45, 7) is 1.40. The zero-order chi connectivity index (χ0) is 23.2. The summed E-state index contributed by atoms with van der Waals surface area (Å²) in [7, 11) is 3.74. The molecule has 3 heterocycles. The molecule has 8 heteroatoms. The number of aryl methyl sites for hydroxylation is 1. The summed E-state index contributed by atoms with van der Waals surface area (Å²) < 4.78 is 19.5. The summed E-state index contributed by atoms with van der Waals surface area (Å²) in [6, 6.07) is 12.1. The van der Waals surface area contributed by atoms with Crippen LogP contribution in [0.15, 0.2) is 54.9 Å². The minimum Gasteiger partial charge on any atom is -0.368 e. The molecule has 1 saturated heterocycles. The predicted molar refractivity (Wildman–Crippen MR) is 124 cm³/mol. The lowest BCUT2D eigenvalue weighted by atomic mass is 10.0. The summed E-state index contributed by atoms with van der Waals surface area (Å²) >= 11 is 0. The van der Waals surface area contributed by atoms with E-state index in [1.807, 2.05) is 42.1 Å².